The van der Waals surface area contributed by atoms with Gasteiger partial charge in [-0.3, -0.25) is 0 Å². The Balaban J connectivity index is 2.16. The quantitative estimate of drug-likeness (QED) is 0.365. The van der Waals surface area contributed by atoms with E-state index in [0.29, 0.717) is 5.41 Å². The summed E-state index contributed by atoms with van der Waals surface area (Å²) < 4.78 is 0. The third-order valence-corrected chi connectivity index (χ3v) is 2.36. The monoisotopic (exact) mass is 141 g/mol. The second kappa shape index (κ2) is 2.60. The fourth-order valence-electron chi connectivity index (χ4n) is 0.996. The number of rotatable bonds is 3. The molecule has 0 amide bonds. The molecule has 0 atom stereocenters. The SMILES string of the molecule is C/C(CCC1(C)CC1)=N/O. The van der Waals surface area contributed by atoms with E-state index < -0.39 is 0 Å². The number of hydrogen-bond acceptors (Lipinski definition) is 2. The minimum atomic E-state index is 0.589. The molecule has 1 aliphatic carbocycles. The van der Waals surface area contributed by atoms with Gasteiger partial charge < -0.3 is 5.21 Å². The van der Waals surface area contributed by atoms with Gasteiger partial charge in [0.2, 0.25) is 0 Å². The Hall–Kier alpha value is -0.530. The van der Waals surface area contributed by atoms with Gasteiger partial charge in [0.15, 0.2) is 0 Å². The molecule has 0 spiro atoms. The summed E-state index contributed by atoms with van der Waals surface area (Å²) >= 11 is 0. The van der Waals surface area contributed by atoms with Crippen LogP contribution in [0.4, 0.5) is 0 Å². The molecule has 0 aromatic heterocycles. The van der Waals surface area contributed by atoms with Crippen molar-refractivity contribution in [1.82, 2.24) is 0 Å². The molecule has 0 aromatic carbocycles. The summed E-state index contributed by atoms with van der Waals surface area (Å²) in [7, 11) is 0. The van der Waals surface area contributed by atoms with Gasteiger partial charge in [-0.05, 0) is 38.0 Å². The fraction of sp³-hybridized carbons (Fsp3) is 0.875. The van der Waals surface area contributed by atoms with Crippen LogP contribution in [0.3, 0.4) is 0 Å². The molecule has 0 heterocycles. The Labute approximate surface area is 61.9 Å². The van der Waals surface area contributed by atoms with Crippen LogP contribution in [0.5, 0.6) is 0 Å². The maximum absolute atomic E-state index is 8.34. The highest BCUT2D eigenvalue weighted by atomic mass is 16.4. The predicted octanol–water partition coefficient (Wildman–Crippen LogP) is 2.42. The van der Waals surface area contributed by atoms with E-state index in [9.17, 15) is 0 Å². The first kappa shape index (κ1) is 7.58. The molecule has 1 saturated carbocycles. The van der Waals surface area contributed by atoms with E-state index in [1.54, 1.807) is 0 Å². The van der Waals surface area contributed by atoms with Crippen LogP contribution in [0.15, 0.2) is 5.16 Å². The Bertz CT molecular complexity index is 147. The molecule has 1 aliphatic rings. The van der Waals surface area contributed by atoms with E-state index in [1.165, 1.54) is 19.3 Å². The van der Waals surface area contributed by atoms with Gasteiger partial charge >= 0.3 is 0 Å². The summed E-state index contributed by atoms with van der Waals surface area (Å²) in [4.78, 5) is 0. The van der Waals surface area contributed by atoms with Crippen LogP contribution in [0, 0.1) is 5.41 Å². The average Bonchev–Trinajstić information content (AvgIpc) is 2.64. The van der Waals surface area contributed by atoms with Crippen LogP contribution in [0.25, 0.3) is 0 Å². The lowest BCUT2D eigenvalue weighted by Crippen LogP contribution is -1.98. The van der Waals surface area contributed by atoms with E-state index in [4.69, 9.17) is 5.21 Å². The van der Waals surface area contributed by atoms with Crippen molar-refractivity contribution in [2.75, 3.05) is 0 Å². The van der Waals surface area contributed by atoms with Crippen LogP contribution in [-0.2, 0) is 0 Å². The molecule has 58 valence electrons. The summed E-state index contributed by atoms with van der Waals surface area (Å²) in [5.41, 5.74) is 1.44. The topological polar surface area (TPSA) is 32.6 Å². The first-order valence-corrected chi connectivity index (χ1v) is 3.84. The third kappa shape index (κ3) is 2.01. The van der Waals surface area contributed by atoms with Crippen molar-refractivity contribution in [2.45, 2.75) is 39.5 Å². The van der Waals surface area contributed by atoms with E-state index in [-0.39, 0.29) is 0 Å². The second-order valence-corrected chi connectivity index (χ2v) is 3.65. The van der Waals surface area contributed by atoms with Crippen molar-refractivity contribution in [2.24, 2.45) is 10.6 Å². The molecule has 2 nitrogen and oxygen atoms in total. The molecule has 10 heavy (non-hydrogen) atoms. The number of oxime groups is 1. The van der Waals surface area contributed by atoms with Crippen LogP contribution in [0.2, 0.25) is 0 Å². The van der Waals surface area contributed by atoms with Crippen molar-refractivity contribution in [1.29, 1.82) is 0 Å². The molecule has 0 radical (unpaired) electrons. The summed E-state index contributed by atoms with van der Waals surface area (Å²) in [5, 5.41) is 11.5. The lowest BCUT2D eigenvalue weighted by molar-refractivity contribution is 0.316. The van der Waals surface area contributed by atoms with E-state index in [0.717, 1.165) is 12.1 Å². The Morgan fingerprint density at radius 3 is 2.60 bits per heavy atom. The number of nitrogens with zero attached hydrogens (tertiary/aromatic N) is 1. The largest absolute Gasteiger partial charge is 0.411 e. The van der Waals surface area contributed by atoms with Crippen LogP contribution in [-0.4, -0.2) is 10.9 Å². The van der Waals surface area contributed by atoms with Gasteiger partial charge in [-0.1, -0.05) is 12.1 Å². The maximum Gasteiger partial charge on any atom is 0.0540 e. The minimum Gasteiger partial charge on any atom is -0.411 e. The normalized spacial score (nSPS) is 22.8. The van der Waals surface area contributed by atoms with Crippen molar-refractivity contribution in [3.05, 3.63) is 0 Å². The van der Waals surface area contributed by atoms with Gasteiger partial charge in [0.1, 0.15) is 0 Å². The smallest absolute Gasteiger partial charge is 0.0540 e. The highest BCUT2D eigenvalue weighted by Crippen LogP contribution is 2.48. The highest BCUT2D eigenvalue weighted by molar-refractivity contribution is 5.81. The van der Waals surface area contributed by atoms with Crippen molar-refractivity contribution in [3.8, 4) is 0 Å². The molecular weight excluding hydrogens is 126 g/mol. The second-order valence-electron chi connectivity index (χ2n) is 3.65. The molecule has 0 unspecified atom stereocenters. The Kier molecular flexibility index (Phi) is 1.97. The minimum absolute atomic E-state index is 0.589. The predicted molar refractivity (Wildman–Crippen MR) is 41.5 cm³/mol. The molecule has 0 bridgehead atoms. The molecule has 0 saturated heterocycles. The van der Waals surface area contributed by atoms with E-state index in [2.05, 4.69) is 12.1 Å². The standard InChI is InChI=1S/C8H15NO/c1-7(9-10)3-4-8(2)5-6-8/h10H,3-6H2,1-2H3/b9-7-. The highest BCUT2D eigenvalue weighted by Gasteiger charge is 2.36. The van der Waals surface area contributed by atoms with E-state index in [1.807, 2.05) is 6.92 Å². The Morgan fingerprint density at radius 1 is 1.60 bits per heavy atom. The fourth-order valence-corrected chi connectivity index (χ4v) is 0.996. The van der Waals surface area contributed by atoms with Gasteiger partial charge in [-0.15, -0.1) is 0 Å². The van der Waals surface area contributed by atoms with Crippen LogP contribution < -0.4 is 0 Å². The zero-order valence-electron chi connectivity index (χ0n) is 6.72. The first-order valence-electron chi connectivity index (χ1n) is 3.84. The molecule has 1 N–H and O–H groups in total. The van der Waals surface area contributed by atoms with E-state index >= 15 is 0 Å². The lowest BCUT2D eigenvalue weighted by atomic mass is 10.0. The number of hydrogen-bond donors (Lipinski definition) is 1. The van der Waals surface area contributed by atoms with Crippen molar-refractivity contribution in [3.63, 3.8) is 0 Å². The zero-order valence-corrected chi connectivity index (χ0v) is 6.72. The van der Waals surface area contributed by atoms with Crippen LogP contribution >= 0.6 is 0 Å². The summed E-state index contributed by atoms with van der Waals surface area (Å²) in [5.74, 6) is 0. The van der Waals surface area contributed by atoms with Gasteiger partial charge in [0.25, 0.3) is 0 Å². The molecule has 2 heteroatoms. The lowest BCUT2D eigenvalue weighted by Gasteiger charge is -2.04. The maximum atomic E-state index is 8.34. The van der Waals surface area contributed by atoms with Gasteiger partial charge in [0, 0.05) is 0 Å². The van der Waals surface area contributed by atoms with Crippen molar-refractivity contribution >= 4 is 5.71 Å². The zero-order chi connectivity index (χ0) is 7.61. The van der Waals surface area contributed by atoms with Gasteiger partial charge in [-0.25, -0.2) is 0 Å². The third-order valence-electron chi connectivity index (χ3n) is 2.36. The summed E-state index contributed by atoms with van der Waals surface area (Å²) in [6.45, 7) is 4.16. The average molecular weight is 141 g/mol. The Morgan fingerprint density at radius 2 is 2.20 bits per heavy atom. The summed E-state index contributed by atoms with van der Waals surface area (Å²) in [6, 6.07) is 0. The van der Waals surface area contributed by atoms with Crippen molar-refractivity contribution < 1.29 is 5.21 Å². The molecular formula is C8H15NO. The first-order chi connectivity index (χ1) is 4.66. The molecule has 1 rings (SSSR count). The molecule has 0 aromatic rings. The van der Waals surface area contributed by atoms with Crippen LogP contribution in [0.1, 0.15) is 39.5 Å². The molecule has 0 aliphatic heterocycles. The van der Waals surface area contributed by atoms with Gasteiger partial charge in [0.05, 0.1) is 5.71 Å². The molecule has 1 fully saturated rings. The van der Waals surface area contributed by atoms with Gasteiger partial charge in [-0.2, -0.15) is 0 Å². The summed E-state index contributed by atoms with van der Waals surface area (Å²) in [6.07, 6.45) is 4.84.